The van der Waals surface area contributed by atoms with E-state index in [4.69, 9.17) is 27.9 Å². The van der Waals surface area contributed by atoms with Gasteiger partial charge in [0.1, 0.15) is 5.75 Å². The fraction of sp³-hybridized carbons (Fsp3) is 0.250. The molecule has 1 atom stereocenters. The van der Waals surface area contributed by atoms with E-state index in [2.05, 4.69) is 12.2 Å². The van der Waals surface area contributed by atoms with Crippen molar-refractivity contribution < 1.29 is 4.74 Å². The first kappa shape index (κ1) is 15.2. The highest BCUT2D eigenvalue weighted by Gasteiger charge is 2.10. The van der Waals surface area contributed by atoms with Crippen molar-refractivity contribution in [3.8, 4) is 5.75 Å². The Morgan fingerprint density at radius 2 is 1.90 bits per heavy atom. The summed E-state index contributed by atoms with van der Waals surface area (Å²) in [4.78, 5) is 0. The van der Waals surface area contributed by atoms with Crippen LogP contribution in [0.4, 0.5) is 0 Å². The molecule has 0 aliphatic heterocycles. The summed E-state index contributed by atoms with van der Waals surface area (Å²) < 4.78 is 5.34. The molecule has 0 unspecified atom stereocenters. The Balaban J connectivity index is 2.09. The first-order valence-corrected chi connectivity index (χ1v) is 7.17. The maximum atomic E-state index is 6.22. The second kappa shape index (κ2) is 6.98. The summed E-state index contributed by atoms with van der Waals surface area (Å²) in [6, 6.07) is 13.7. The molecule has 0 bridgehead atoms. The number of halogens is 2. The summed E-state index contributed by atoms with van der Waals surface area (Å²) in [7, 11) is 1.65. The van der Waals surface area contributed by atoms with Crippen LogP contribution in [0.3, 0.4) is 0 Å². The number of methoxy groups -OCH3 is 1. The molecule has 2 aromatic carbocycles. The molecule has 0 saturated carbocycles. The van der Waals surface area contributed by atoms with Crippen molar-refractivity contribution >= 4 is 23.2 Å². The van der Waals surface area contributed by atoms with E-state index < -0.39 is 0 Å². The van der Waals surface area contributed by atoms with Gasteiger partial charge in [0.25, 0.3) is 0 Å². The van der Waals surface area contributed by atoms with Gasteiger partial charge in [-0.2, -0.15) is 0 Å². The molecule has 2 nitrogen and oxygen atoms in total. The fourth-order valence-corrected chi connectivity index (χ4v) is 2.48. The van der Waals surface area contributed by atoms with Gasteiger partial charge in [0.2, 0.25) is 0 Å². The number of nitrogens with one attached hydrogen (secondary N) is 1. The lowest BCUT2D eigenvalue weighted by atomic mass is 10.1. The van der Waals surface area contributed by atoms with Crippen LogP contribution in [0.2, 0.25) is 10.0 Å². The second-order valence-electron chi connectivity index (χ2n) is 4.58. The van der Waals surface area contributed by atoms with Gasteiger partial charge >= 0.3 is 0 Å². The van der Waals surface area contributed by atoms with Crippen molar-refractivity contribution in [2.75, 3.05) is 7.11 Å². The molecule has 0 aliphatic rings. The lowest BCUT2D eigenvalue weighted by Crippen LogP contribution is -2.18. The molecule has 0 saturated heterocycles. The molecule has 0 radical (unpaired) electrons. The number of benzene rings is 2. The molecule has 0 amide bonds. The van der Waals surface area contributed by atoms with E-state index in [9.17, 15) is 0 Å². The third-order valence-electron chi connectivity index (χ3n) is 3.23. The lowest BCUT2D eigenvalue weighted by molar-refractivity contribution is 0.406. The Bertz CT molecular complexity index is 586. The summed E-state index contributed by atoms with van der Waals surface area (Å²) in [5.74, 6) is 0.795. The fourth-order valence-electron chi connectivity index (χ4n) is 2.05. The summed E-state index contributed by atoms with van der Waals surface area (Å²) in [6.07, 6.45) is 0. The Kier molecular flexibility index (Phi) is 5.30. The standard InChI is InChI=1S/C16H17Cl2NO/c1-11(12-5-3-6-13(17)9-12)19-10-14-15(18)7-4-8-16(14)20-2/h3-9,11,19H,10H2,1-2H3/t11-/m0/s1. The summed E-state index contributed by atoms with van der Waals surface area (Å²) in [5.41, 5.74) is 2.11. The van der Waals surface area contributed by atoms with Crippen LogP contribution in [-0.4, -0.2) is 7.11 Å². The Morgan fingerprint density at radius 1 is 1.15 bits per heavy atom. The van der Waals surface area contributed by atoms with Crippen molar-refractivity contribution in [3.05, 3.63) is 63.6 Å². The highest BCUT2D eigenvalue weighted by molar-refractivity contribution is 6.31. The zero-order valence-electron chi connectivity index (χ0n) is 11.5. The van der Waals surface area contributed by atoms with Crippen molar-refractivity contribution in [1.29, 1.82) is 0 Å². The van der Waals surface area contributed by atoms with E-state index >= 15 is 0 Å². The van der Waals surface area contributed by atoms with E-state index in [0.717, 1.165) is 21.9 Å². The smallest absolute Gasteiger partial charge is 0.124 e. The molecule has 2 rings (SSSR count). The minimum Gasteiger partial charge on any atom is -0.496 e. The van der Waals surface area contributed by atoms with Crippen molar-refractivity contribution in [1.82, 2.24) is 5.32 Å². The Hall–Kier alpha value is -1.22. The largest absolute Gasteiger partial charge is 0.496 e. The number of rotatable bonds is 5. The normalized spacial score (nSPS) is 12.2. The Morgan fingerprint density at radius 3 is 2.60 bits per heavy atom. The van der Waals surface area contributed by atoms with Gasteiger partial charge in [-0.15, -0.1) is 0 Å². The molecule has 0 fully saturated rings. The first-order chi connectivity index (χ1) is 9.61. The minimum absolute atomic E-state index is 0.176. The Labute approximate surface area is 129 Å². The predicted octanol–water partition coefficient (Wildman–Crippen LogP) is 4.85. The van der Waals surface area contributed by atoms with E-state index in [0.29, 0.717) is 11.6 Å². The summed E-state index contributed by atoms with van der Waals surface area (Å²) in [6.45, 7) is 2.73. The third kappa shape index (κ3) is 3.66. The van der Waals surface area contributed by atoms with E-state index in [1.165, 1.54) is 0 Å². The van der Waals surface area contributed by atoms with E-state index in [-0.39, 0.29) is 6.04 Å². The highest BCUT2D eigenvalue weighted by atomic mass is 35.5. The molecule has 0 heterocycles. The molecule has 1 N–H and O–H groups in total. The zero-order valence-corrected chi connectivity index (χ0v) is 13.0. The molecule has 2 aromatic rings. The lowest BCUT2D eigenvalue weighted by Gasteiger charge is -2.17. The van der Waals surface area contributed by atoms with Gasteiger partial charge in [0, 0.05) is 28.2 Å². The van der Waals surface area contributed by atoms with E-state index in [1.807, 2.05) is 42.5 Å². The molecule has 0 aliphatic carbocycles. The summed E-state index contributed by atoms with van der Waals surface area (Å²) >= 11 is 12.2. The van der Waals surface area contributed by atoms with Crippen LogP contribution in [0.25, 0.3) is 0 Å². The van der Waals surface area contributed by atoms with Crippen molar-refractivity contribution in [3.63, 3.8) is 0 Å². The summed E-state index contributed by atoms with van der Waals surface area (Å²) in [5, 5.41) is 4.88. The molecule has 0 aromatic heterocycles. The number of hydrogen-bond acceptors (Lipinski definition) is 2. The third-order valence-corrected chi connectivity index (χ3v) is 3.82. The quantitative estimate of drug-likeness (QED) is 0.852. The second-order valence-corrected chi connectivity index (χ2v) is 5.42. The predicted molar refractivity (Wildman–Crippen MR) is 84.7 cm³/mol. The molecular formula is C16H17Cl2NO. The monoisotopic (exact) mass is 309 g/mol. The van der Waals surface area contributed by atoms with Gasteiger partial charge in [-0.25, -0.2) is 0 Å². The van der Waals surface area contributed by atoms with Gasteiger partial charge in [0.05, 0.1) is 7.11 Å². The maximum absolute atomic E-state index is 6.22. The first-order valence-electron chi connectivity index (χ1n) is 6.42. The van der Waals surface area contributed by atoms with Crippen LogP contribution in [-0.2, 0) is 6.54 Å². The van der Waals surface area contributed by atoms with Gasteiger partial charge < -0.3 is 10.1 Å². The van der Waals surface area contributed by atoms with Gasteiger partial charge in [-0.05, 0) is 36.8 Å². The number of ether oxygens (including phenoxy) is 1. The van der Waals surface area contributed by atoms with Gasteiger partial charge in [0.15, 0.2) is 0 Å². The zero-order chi connectivity index (χ0) is 14.5. The average molecular weight is 310 g/mol. The maximum Gasteiger partial charge on any atom is 0.124 e. The van der Waals surface area contributed by atoms with Crippen LogP contribution in [0.1, 0.15) is 24.1 Å². The van der Waals surface area contributed by atoms with Crippen molar-refractivity contribution in [2.24, 2.45) is 0 Å². The molecular weight excluding hydrogens is 293 g/mol. The SMILES string of the molecule is COc1cccc(Cl)c1CN[C@@H](C)c1cccc(Cl)c1. The minimum atomic E-state index is 0.176. The number of hydrogen-bond donors (Lipinski definition) is 1. The van der Waals surface area contributed by atoms with Crippen LogP contribution >= 0.6 is 23.2 Å². The van der Waals surface area contributed by atoms with Crippen LogP contribution in [0.5, 0.6) is 5.75 Å². The van der Waals surface area contributed by atoms with E-state index in [1.54, 1.807) is 7.11 Å². The molecule has 20 heavy (non-hydrogen) atoms. The average Bonchev–Trinajstić information content (AvgIpc) is 2.45. The highest BCUT2D eigenvalue weighted by Crippen LogP contribution is 2.27. The van der Waals surface area contributed by atoms with Crippen LogP contribution < -0.4 is 10.1 Å². The topological polar surface area (TPSA) is 21.3 Å². The van der Waals surface area contributed by atoms with Crippen LogP contribution in [0.15, 0.2) is 42.5 Å². The molecule has 0 spiro atoms. The van der Waals surface area contributed by atoms with Gasteiger partial charge in [-0.1, -0.05) is 41.4 Å². The van der Waals surface area contributed by atoms with Crippen LogP contribution in [0, 0.1) is 0 Å². The van der Waals surface area contributed by atoms with Crippen molar-refractivity contribution in [2.45, 2.75) is 19.5 Å². The molecule has 4 heteroatoms. The van der Waals surface area contributed by atoms with Gasteiger partial charge in [-0.3, -0.25) is 0 Å². The molecule has 106 valence electrons.